The third-order valence-electron chi connectivity index (χ3n) is 4.28. The van der Waals surface area contributed by atoms with E-state index >= 15 is 0 Å². The van der Waals surface area contributed by atoms with Crippen LogP contribution in [-0.4, -0.2) is 9.55 Å². The van der Waals surface area contributed by atoms with Crippen molar-refractivity contribution in [2.75, 3.05) is 0 Å². The Labute approximate surface area is 125 Å². The summed E-state index contributed by atoms with van der Waals surface area (Å²) >= 11 is 1.79. The smallest absolute Gasteiger partial charge is 0.124 e. The van der Waals surface area contributed by atoms with E-state index in [4.69, 9.17) is 0 Å². The highest BCUT2D eigenvalue weighted by Crippen LogP contribution is 2.40. The zero-order valence-electron chi connectivity index (χ0n) is 11.5. The van der Waals surface area contributed by atoms with Gasteiger partial charge in [0.05, 0.1) is 10.2 Å². The van der Waals surface area contributed by atoms with Crippen molar-refractivity contribution in [2.24, 2.45) is 7.05 Å². The third-order valence-corrected chi connectivity index (χ3v) is 5.42. The molecule has 100 valence electrons. The number of para-hydroxylation sites is 1. The number of thiophene rings is 1. The summed E-state index contributed by atoms with van der Waals surface area (Å²) in [5.41, 5.74) is 2.60. The largest absolute Gasteiger partial charge is 0.342 e. The Morgan fingerprint density at radius 1 is 0.857 bits per heavy atom. The quantitative estimate of drug-likeness (QED) is 0.388. The third kappa shape index (κ3) is 1.34. The van der Waals surface area contributed by atoms with Crippen LogP contribution >= 0.6 is 11.3 Å². The Hall–Kier alpha value is -2.39. The van der Waals surface area contributed by atoms with E-state index in [2.05, 4.69) is 59.1 Å². The van der Waals surface area contributed by atoms with Gasteiger partial charge in [-0.25, -0.2) is 4.98 Å². The molecular weight excluding hydrogens is 276 g/mol. The molecule has 0 N–H and O–H groups in total. The zero-order valence-corrected chi connectivity index (χ0v) is 12.3. The van der Waals surface area contributed by atoms with Gasteiger partial charge in [0.25, 0.3) is 0 Å². The second-order valence-corrected chi connectivity index (χ2v) is 6.37. The average molecular weight is 288 g/mol. The molecule has 3 aromatic heterocycles. The lowest BCUT2D eigenvalue weighted by atomic mass is 10.1. The molecule has 0 unspecified atom stereocenters. The van der Waals surface area contributed by atoms with Gasteiger partial charge in [0.15, 0.2) is 0 Å². The van der Waals surface area contributed by atoms with E-state index in [1.807, 2.05) is 12.3 Å². The fourth-order valence-electron chi connectivity index (χ4n) is 3.33. The van der Waals surface area contributed by atoms with Gasteiger partial charge in [0.1, 0.15) is 4.83 Å². The lowest BCUT2D eigenvalue weighted by Crippen LogP contribution is -1.85. The predicted octanol–water partition coefficient (Wildman–Crippen LogP) is 5.09. The number of hydrogen-bond donors (Lipinski definition) is 0. The van der Waals surface area contributed by atoms with Crippen molar-refractivity contribution in [1.29, 1.82) is 0 Å². The minimum absolute atomic E-state index is 1.12. The summed E-state index contributed by atoms with van der Waals surface area (Å²) in [4.78, 5) is 5.63. The number of pyridine rings is 1. The maximum absolute atomic E-state index is 4.52. The van der Waals surface area contributed by atoms with E-state index in [0.29, 0.717) is 0 Å². The Morgan fingerprint density at radius 2 is 1.67 bits per heavy atom. The molecule has 0 radical (unpaired) electrons. The fourth-order valence-corrected chi connectivity index (χ4v) is 4.55. The van der Waals surface area contributed by atoms with Crippen LogP contribution in [0.5, 0.6) is 0 Å². The topological polar surface area (TPSA) is 17.8 Å². The van der Waals surface area contributed by atoms with Crippen LogP contribution in [0.25, 0.3) is 42.1 Å². The highest BCUT2D eigenvalue weighted by molar-refractivity contribution is 7.26. The van der Waals surface area contributed by atoms with Gasteiger partial charge in [0, 0.05) is 40.3 Å². The van der Waals surface area contributed by atoms with Crippen molar-refractivity contribution in [2.45, 2.75) is 0 Å². The van der Waals surface area contributed by atoms with Crippen LogP contribution in [0.3, 0.4) is 0 Å². The molecule has 0 aliphatic heterocycles. The highest BCUT2D eigenvalue weighted by Gasteiger charge is 2.14. The molecule has 0 saturated heterocycles. The van der Waals surface area contributed by atoms with Gasteiger partial charge >= 0.3 is 0 Å². The normalized spacial score (nSPS) is 12.0. The average Bonchev–Trinajstić information content (AvgIpc) is 3.04. The maximum atomic E-state index is 4.52. The monoisotopic (exact) mass is 288 g/mol. The number of hydrogen-bond acceptors (Lipinski definition) is 2. The maximum Gasteiger partial charge on any atom is 0.124 e. The fraction of sp³-hybridized carbons (Fsp3) is 0.0556. The van der Waals surface area contributed by atoms with E-state index in [1.54, 1.807) is 11.3 Å². The second kappa shape index (κ2) is 3.83. The summed E-state index contributed by atoms with van der Waals surface area (Å²) in [7, 11) is 2.15. The number of benzene rings is 2. The molecule has 2 nitrogen and oxygen atoms in total. The van der Waals surface area contributed by atoms with Gasteiger partial charge in [0.2, 0.25) is 0 Å². The molecule has 0 atom stereocenters. The molecule has 5 aromatic rings. The summed E-state index contributed by atoms with van der Waals surface area (Å²) in [6, 6.07) is 17.3. The Bertz CT molecular complexity index is 1150. The van der Waals surface area contributed by atoms with Crippen molar-refractivity contribution in [3.8, 4) is 0 Å². The highest BCUT2D eigenvalue weighted by atomic mass is 32.1. The molecule has 3 heteroatoms. The SMILES string of the molecule is Cn1c2ccccc2c2ccc3c4cccnc4sc3c21. The van der Waals surface area contributed by atoms with E-state index in [9.17, 15) is 0 Å². The first-order valence-electron chi connectivity index (χ1n) is 6.98. The molecule has 0 saturated carbocycles. The van der Waals surface area contributed by atoms with Crippen LogP contribution in [0.1, 0.15) is 0 Å². The van der Waals surface area contributed by atoms with Crippen LogP contribution in [0.4, 0.5) is 0 Å². The van der Waals surface area contributed by atoms with Crippen molar-refractivity contribution < 1.29 is 0 Å². The van der Waals surface area contributed by atoms with Crippen molar-refractivity contribution >= 4 is 53.4 Å². The minimum Gasteiger partial charge on any atom is -0.342 e. The van der Waals surface area contributed by atoms with Crippen LogP contribution in [0.15, 0.2) is 54.7 Å². The number of aryl methyl sites for hydroxylation is 1. The Morgan fingerprint density at radius 3 is 2.62 bits per heavy atom. The lowest BCUT2D eigenvalue weighted by molar-refractivity contribution is 1.02. The van der Waals surface area contributed by atoms with Crippen LogP contribution < -0.4 is 0 Å². The number of aromatic nitrogens is 2. The van der Waals surface area contributed by atoms with Crippen molar-refractivity contribution in [3.63, 3.8) is 0 Å². The standard InChI is InChI=1S/C18H12N2S/c1-20-15-7-3-2-5-11(15)12-8-9-13-14-6-4-10-19-18(14)21-17(13)16(12)20/h2-10H,1H3. The van der Waals surface area contributed by atoms with Gasteiger partial charge in [-0.2, -0.15) is 0 Å². The summed E-state index contributed by atoms with van der Waals surface area (Å²) in [5.74, 6) is 0. The molecular formula is C18H12N2S. The van der Waals surface area contributed by atoms with Gasteiger partial charge in [-0.05, 0) is 18.2 Å². The molecule has 5 rings (SSSR count). The minimum atomic E-state index is 1.12. The van der Waals surface area contributed by atoms with Crippen molar-refractivity contribution in [3.05, 3.63) is 54.7 Å². The lowest BCUT2D eigenvalue weighted by Gasteiger charge is -1.99. The summed E-state index contributed by atoms with van der Waals surface area (Å²) < 4.78 is 3.64. The number of nitrogens with zero attached hydrogens (tertiary/aromatic N) is 2. The predicted molar refractivity (Wildman–Crippen MR) is 91.1 cm³/mol. The summed E-state index contributed by atoms with van der Waals surface area (Å²) in [5, 5.41) is 5.21. The first-order valence-corrected chi connectivity index (χ1v) is 7.79. The van der Waals surface area contributed by atoms with Crippen LogP contribution in [0, 0.1) is 0 Å². The van der Waals surface area contributed by atoms with Crippen LogP contribution in [-0.2, 0) is 7.05 Å². The second-order valence-electron chi connectivity index (χ2n) is 5.37. The number of rotatable bonds is 0. The molecule has 21 heavy (non-hydrogen) atoms. The molecule has 0 aliphatic rings. The molecule has 3 heterocycles. The van der Waals surface area contributed by atoms with Crippen LogP contribution in [0.2, 0.25) is 0 Å². The van der Waals surface area contributed by atoms with Gasteiger partial charge in [-0.3, -0.25) is 0 Å². The van der Waals surface area contributed by atoms with Gasteiger partial charge < -0.3 is 4.57 Å². The van der Waals surface area contributed by atoms with E-state index < -0.39 is 0 Å². The molecule has 0 amide bonds. The molecule has 2 aromatic carbocycles. The van der Waals surface area contributed by atoms with Gasteiger partial charge in [-0.15, -0.1) is 11.3 Å². The van der Waals surface area contributed by atoms with E-state index in [0.717, 1.165) is 4.83 Å². The molecule has 0 spiro atoms. The van der Waals surface area contributed by atoms with E-state index in [-0.39, 0.29) is 0 Å². The van der Waals surface area contributed by atoms with Crippen molar-refractivity contribution in [1.82, 2.24) is 9.55 Å². The van der Waals surface area contributed by atoms with Gasteiger partial charge in [-0.1, -0.05) is 30.3 Å². The summed E-state index contributed by atoms with van der Waals surface area (Å²) in [6.07, 6.45) is 1.87. The summed E-state index contributed by atoms with van der Waals surface area (Å²) in [6.45, 7) is 0. The molecule has 0 aliphatic carbocycles. The Kier molecular flexibility index (Phi) is 2.06. The molecule has 0 bridgehead atoms. The van der Waals surface area contributed by atoms with E-state index in [1.165, 1.54) is 37.3 Å². The first kappa shape index (κ1) is 11.3. The first-order chi connectivity index (χ1) is 10.3. The molecule has 0 fully saturated rings. The zero-order chi connectivity index (χ0) is 14.0. The Balaban J connectivity index is 2.14. The number of fused-ring (bicyclic) bond motifs is 7.